The number of carbonyl (C=O) groups excluding carboxylic acids is 2. The molecular formula is C28H32ClN3O5S. The molecule has 38 heavy (non-hydrogen) atoms. The molecule has 2 amide bonds. The number of hydrogen-bond donors (Lipinski definition) is 1. The molecule has 0 spiro atoms. The Hall–Kier alpha value is -3.56. The Morgan fingerprint density at radius 2 is 1.66 bits per heavy atom. The van der Waals surface area contributed by atoms with Gasteiger partial charge in [0.2, 0.25) is 11.8 Å². The van der Waals surface area contributed by atoms with Crippen LogP contribution in [0.5, 0.6) is 5.75 Å². The van der Waals surface area contributed by atoms with E-state index in [9.17, 15) is 18.0 Å². The quantitative estimate of drug-likeness (QED) is 0.354. The van der Waals surface area contributed by atoms with Crippen molar-refractivity contribution >= 4 is 39.1 Å². The zero-order chi connectivity index (χ0) is 27.7. The zero-order valence-electron chi connectivity index (χ0n) is 21.6. The van der Waals surface area contributed by atoms with Gasteiger partial charge in [0, 0.05) is 18.1 Å². The van der Waals surface area contributed by atoms with Gasteiger partial charge in [0.1, 0.15) is 18.3 Å². The van der Waals surface area contributed by atoms with Crippen LogP contribution in [-0.4, -0.2) is 50.9 Å². The molecule has 0 fully saturated rings. The number of nitrogens with zero attached hydrogens (tertiary/aromatic N) is 2. The van der Waals surface area contributed by atoms with Gasteiger partial charge in [-0.15, -0.1) is 0 Å². The minimum absolute atomic E-state index is 0.0252. The largest absolute Gasteiger partial charge is 0.492 e. The van der Waals surface area contributed by atoms with Crippen LogP contribution in [0.4, 0.5) is 5.69 Å². The molecule has 10 heteroatoms. The maximum atomic E-state index is 13.9. The van der Waals surface area contributed by atoms with E-state index >= 15 is 0 Å². The molecule has 1 atom stereocenters. The van der Waals surface area contributed by atoms with Gasteiger partial charge in [-0.25, -0.2) is 8.42 Å². The van der Waals surface area contributed by atoms with Gasteiger partial charge in [-0.3, -0.25) is 13.9 Å². The third kappa shape index (κ3) is 7.05. The Labute approximate surface area is 229 Å². The smallest absolute Gasteiger partial charge is 0.264 e. The van der Waals surface area contributed by atoms with E-state index in [1.165, 1.54) is 17.0 Å². The summed E-state index contributed by atoms with van der Waals surface area (Å²) in [5.74, 6) is -0.593. The number of nitrogens with one attached hydrogen (secondary N) is 1. The highest BCUT2D eigenvalue weighted by atomic mass is 35.5. The number of likely N-dealkylation sites (N-methyl/N-ethyl adjacent to an activating group) is 1. The fraction of sp³-hybridized carbons (Fsp3) is 0.286. The van der Waals surface area contributed by atoms with Gasteiger partial charge < -0.3 is 15.0 Å². The number of carbonyl (C=O) groups is 2. The highest BCUT2D eigenvalue weighted by Gasteiger charge is 2.33. The molecule has 0 saturated carbocycles. The molecule has 0 aliphatic carbocycles. The number of anilines is 1. The molecule has 0 aliphatic heterocycles. The van der Waals surface area contributed by atoms with Crippen LogP contribution in [0.15, 0.2) is 83.8 Å². The average molecular weight is 558 g/mol. The van der Waals surface area contributed by atoms with E-state index in [4.69, 9.17) is 16.3 Å². The van der Waals surface area contributed by atoms with Crippen LogP contribution in [0, 0.1) is 0 Å². The molecule has 1 N–H and O–H groups in total. The summed E-state index contributed by atoms with van der Waals surface area (Å²) >= 11 is 6.15. The first-order chi connectivity index (χ1) is 18.2. The lowest BCUT2D eigenvalue weighted by Crippen LogP contribution is -2.51. The molecule has 0 aliphatic rings. The first-order valence-electron chi connectivity index (χ1n) is 12.3. The number of amides is 2. The molecule has 202 valence electrons. The Morgan fingerprint density at radius 1 is 0.974 bits per heavy atom. The van der Waals surface area contributed by atoms with E-state index < -0.39 is 28.5 Å². The SMILES string of the molecule is CCNC(=O)[C@H](C)N(Cc1cccc(Cl)c1)C(=O)CN(c1ccccc1OCC)S(=O)(=O)c1ccccc1. The lowest BCUT2D eigenvalue weighted by Gasteiger charge is -2.32. The number of hydrogen-bond acceptors (Lipinski definition) is 5. The highest BCUT2D eigenvalue weighted by Crippen LogP contribution is 2.32. The average Bonchev–Trinajstić information content (AvgIpc) is 2.91. The summed E-state index contributed by atoms with van der Waals surface area (Å²) in [5.41, 5.74) is 0.925. The summed E-state index contributed by atoms with van der Waals surface area (Å²) in [6, 6.07) is 20.6. The van der Waals surface area contributed by atoms with E-state index in [-0.39, 0.29) is 23.0 Å². The predicted octanol–water partition coefficient (Wildman–Crippen LogP) is 4.49. The predicted molar refractivity (Wildman–Crippen MR) is 149 cm³/mol. The van der Waals surface area contributed by atoms with E-state index in [2.05, 4.69) is 5.32 Å². The standard InChI is InChI=1S/C28H32ClN3O5S/c1-4-30-28(34)21(3)31(19-22-12-11-13-23(29)18-22)27(33)20-32(25-16-9-10-17-26(25)37-5-2)38(35,36)24-14-7-6-8-15-24/h6-18,21H,4-5,19-20H2,1-3H3,(H,30,34)/t21-/m0/s1. The molecule has 3 aromatic rings. The second kappa shape index (κ2) is 13.3. The summed E-state index contributed by atoms with van der Waals surface area (Å²) in [5, 5.41) is 3.22. The van der Waals surface area contributed by atoms with Crippen LogP contribution < -0.4 is 14.4 Å². The van der Waals surface area contributed by atoms with E-state index in [1.807, 2.05) is 0 Å². The molecule has 3 aromatic carbocycles. The van der Waals surface area contributed by atoms with Crippen LogP contribution >= 0.6 is 11.6 Å². The number of rotatable bonds is 12. The topological polar surface area (TPSA) is 96.0 Å². The van der Waals surface area contributed by atoms with Crippen LogP contribution in [0.2, 0.25) is 5.02 Å². The van der Waals surface area contributed by atoms with Crippen LogP contribution in [0.1, 0.15) is 26.3 Å². The van der Waals surface area contributed by atoms with Crippen LogP contribution in [0.25, 0.3) is 0 Å². The number of para-hydroxylation sites is 2. The van der Waals surface area contributed by atoms with Crippen molar-refractivity contribution in [3.63, 3.8) is 0 Å². The summed E-state index contributed by atoms with van der Waals surface area (Å²) in [7, 11) is -4.18. The van der Waals surface area contributed by atoms with Crippen molar-refractivity contribution < 1.29 is 22.7 Å². The number of halogens is 1. The zero-order valence-corrected chi connectivity index (χ0v) is 23.2. The minimum Gasteiger partial charge on any atom is -0.492 e. The van der Waals surface area contributed by atoms with Crippen molar-refractivity contribution in [3.05, 3.63) is 89.4 Å². The number of ether oxygens (including phenoxy) is 1. The molecule has 0 saturated heterocycles. The van der Waals surface area contributed by atoms with Crippen molar-refractivity contribution in [1.29, 1.82) is 0 Å². The van der Waals surface area contributed by atoms with Gasteiger partial charge in [0.15, 0.2) is 0 Å². The highest BCUT2D eigenvalue weighted by molar-refractivity contribution is 7.92. The molecule has 0 bridgehead atoms. The van der Waals surface area contributed by atoms with Gasteiger partial charge in [-0.05, 0) is 62.7 Å². The number of sulfonamides is 1. The Morgan fingerprint density at radius 3 is 2.32 bits per heavy atom. The van der Waals surface area contributed by atoms with E-state index in [0.717, 1.165) is 4.31 Å². The summed E-state index contributed by atoms with van der Waals surface area (Å²) in [6.45, 7) is 5.39. The number of benzene rings is 3. The lowest BCUT2D eigenvalue weighted by molar-refractivity contribution is -0.139. The van der Waals surface area contributed by atoms with Gasteiger partial charge >= 0.3 is 0 Å². The Kier molecular flexibility index (Phi) is 10.2. The van der Waals surface area contributed by atoms with Crippen LogP contribution in [-0.2, 0) is 26.2 Å². The first kappa shape index (κ1) is 29.0. The van der Waals surface area contributed by atoms with Crippen molar-refractivity contribution in [2.45, 2.75) is 38.3 Å². The lowest BCUT2D eigenvalue weighted by atomic mass is 10.1. The van der Waals surface area contributed by atoms with Crippen molar-refractivity contribution in [2.24, 2.45) is 0 Å². The molecule has 8 nitrogen and oxygen atoms in total. The molecule has 0 radical (unpaired) electrons. The van der Waals surface area contributed by atoms with Gasteiger partial charge in [-0.2, -0.15) is 0 Å². The maximum Gasteiger partial charge on any atom is 0.264 e. The summed E-state index contributed by atoms with van der Waals surface area (Å²) in [4.78, 5) is 28.0. The molecule has 0 aromatic heterocycles. The second-order valence-corrected chi connectivity index (χ2v) is 10.7. The van der Waals surface area contributed by atoms with Gasteiger partial charge in [-0.1, -0.05) is 54.1 Å². The first-order valence-corrected chi connectivity index (χ1v) is 14.1. The van der Waals surface area contributed by atoms with Crippen molar-refractivity contribution in [3.8, 4) is 5.75 Å². The maximum absolute atomic E-state index is 13.9. The second-order valence-electron chi connectivity index (χ2n) is 8.45. The van der Waals surface area contributed by atoms with Gasteiger partial charge in [0.05, 0.1) is 17.2 Å². The normalized spacial score (nSPS) is 11.9. The van der Waals surface area contributed by atoms with Crippen molar-refractivity contribution in [2.75, 3.05) is 24.0 Å². The fourth-order valence-electron chi connectivity index (χ4n) is 3.91. The molecule has 0 unspecified atom stereocenters. The fourth-order valence-corrected chi connectivity index (χ4v) is 5.57. The third-order valence-corrected chi connectivity index (χ3v) is 7.81. The monoisotopic (exact) mass is 557 g/mol. The Balaban J connectivity index is 2.07. The Bertz CT molecular complexity index is 1350. The summed E-state index contributed by atoms with van der Waals surface area (Å²) in [6.07, 6.45) is 0. The molecule has 0 heterocycles. The van der Waals surface area contributed by atoms with Gasteiger partial charge in [0.25, 0.3) is 10.0 Å². The molecular weight excluding hydrogens is 526 g/mol. The molecule has 3 rings (SSSR count). The van der Waals surface area contributed by atoms with E-state index in [0.29, 0.717) is 29.5 Å². The minimum atomic E-state index is -4.18. The van der Waals surface area contributed by atoms with Crippen LogP contribution in [0.3, 0.4) is 0 Å². The third-order valence-electron chi connectivity index (χ3n) is 5.80. The van der Waals surface area contributed by atoms with Crippen molar-refractivity contribution in [1.82, 2.24) is 10.2 Å². The summed E-state index contributed by atoms with van der Waals surface area (Å²) < 4.78 is 34.5. The van der Waals surface area contributed by atoms with E-state index in [1.54, 1.807) is 87.5 Å².